The molecule has 16 heavy (non-hydrogen) atoms. The molecule has 5 nitrogen and oxygen atoms in total. The van der Waals surface area contributed by atoms with E-state index in [0.717, 1.165) is 12.8 Å². The standard InChI is InChI=1S/C11H23N3O2/c1-16-8-10(15)7-13-11(12)14-9-5-3-2-4-6-9/h9-10,15H,2-8H2,1H3,(H3,12,13,14). The van der Waals surface area contributed by atoms with Crippen molar-refractivity contribution in [2.75, 3.05) is 20.3 Å². The predicted molar refractivity (Wildman–Crippen MR) is 64.4 cm³/mol. The van der Waals surface area contributed by atoms with E-state index in [2.05, 4.69) is 10.3 Å². The number of rotatable bonds is 5. The summed E-state index contributed by atoms with van der Waals surface area (Å²) in [5, 5.41) is 12.6. The normalized spacial score (nSPS) is 20.8. The van der Waals surface area contributed by atoms with Gasteiger partial charge in [0.05, 0.1) is 19.3 Å². The van der Waals surface area contributed by atoms with Gasteiger partial charge in [0.15, 0.2) is 5.96 Å². The largest absolute Gasteiger partial charge is 0.389 e. The van der Waals surface area contributed by atoms with Crippen molar-refractivity contribution in [1.82, 2.24) is 5.32 Å². The number of hydrogen-bond donors (Lipinski definition) is 3. The number of ether oxygens (including phenoxy) is 1. The van der Waals surface area contributed by atoms with E-state index in [9.17, 15) is 5.11 Å². The Bertz CT molecular complexity index is 215. The van der Waals surface area contributed by atoms with E-state index in [1.165, 1.54) is 19.3 Å². The van der Waals surface area contributed by atoms with E-state index in [4.69, 9.17) is 10.5 Å². The van der Waals surface area contributed by atoms with Crippen molar-refractivity contribution in [3.8, 4) is 0 Å². The van der Waals surface area contributed by atoms with Crippen LogP contribution in [0, 0.1) is 0 Å². The molecule has 0 radical (unpaired) electrons. The van der Waals surface area contributed by atoms with Crippen LogP contribution in [-0.2, 0) is 4.74 Å². The molecule has 1 saturated carbocycles. The minimum atomic E-state index is -0.572. The molecule has 0 aromatic rings. The second-order valence-electron chi connectivity index (χ2n) is 4.31. The Labute approximate surface area is 97.1 Å². The van der Waals surface area contributed by atoms with E-state index in [1.807, 2.05) is 0 Å². The highest BCUT2D eigenvalue weighted by Gasteiger charge is 2.13. The monoisotopic (exact) mass is 229 g/mol. The molecule has 0 bridgehead atoms. The Balaban J connectivity index is 2.21. The van der Waals surface area contributed by atoms with Crippen molar-refractivity contribution in [3.05, 3.63) is 0 Å². The van der Waals surface area contributed by atoms with Crippen LogP contribution in [0.2, 0.25) is 0 Å². The quantitative estimate of drug-likeness (QED) is 0.466. The van der Waals surface area contributed by atoms with Gasteiger partial charge in [-0.25, -0.2) is 0 Å². The number of methoxy groups -OCH3 is 1. The first-order valence-corrected chi connectivity index (χ1v) is 5.96. The molecule has 0 aliphatic heterocycles. The first kappa shape index (κ1) is 13.3. The summed E-state index contributed by atoms with van der Waals surface area (Å²) in [5.41, 5.74) is 5.74. The number of nitrogens with zero attached hydrogens (tertiary/aromatic N) is 1. The van der Waals surface area contributed by atoms with Crippen LogP contribution in [0.3, 0.4) is 0 Å². The Morgan fingerprint density at radius 1 is 1.50 bits per heavy atom. The van der Waals surface area contributed by atoms with E-state index >= 15 is 0 Å². The minimum absolute atomic E-state index is 0.291. The maximum absolute atomic E-state index is 9.39. The van der Waals surface area contributed by atoms with Crippen molar-refractivity contribution in [2.24, 2.45) is 10.7 Å². The van der Waals surface area contributed by atoms with Crippen molar-refractivity contribution in [1.29, 1.82) is 0 Å². The first-order valence-electron chi connectivity index (χ1n) is 5.96. The predicted octanol–water partition coefficient (Wildman–Crippen LogP) is 0.231. The van der Waals surface area contributed by atoms with Crippen molar-refractivity contribution in [3.63, 3.8) is 0 Å². The van der Waals surface area contributed by atoms with Crippen molar-refractivity contribution < 1.29 is 9.84 Å². The third-order valence-corrected chi connectivity index (χ3v) is 2.79. The summed E-state index contributed by atoms with van der Waals surface area (Å²) in [6, 6.07) is 0.456. The average molecular weight is 229 g/mol. The molecule has 1 rings (SSSR count). The fraction of sp³-hybridized carbons (Fsp3) is 0.909. The van der Waals surface area contributed by atoms with Gasteiger partial charge in [-0.05, 0) is 12.8 Å². The number of aliphatic hydroxyl groups excluding tert-OH is 1. The molecule has 4 N–H and O–H groups in total. The Morgan fingerprint density at radius 3 is 2.81 bits per heavy atom. The SMILES string of the molecule is COCC(O)CN=C(N)NC1CCCCC1. The average Bonchev–Trinajstić information content (AvgIpc) is 2.28. The molecular formula is C11H23N3O2. The van der Waals surface area contributed by atoms with Crippen LogP contribution >= 0.6 is 0 Å². The number of nitrogens with two attached hydrogens (primary N) is 1. The highest BCUT2D eigenvalue weighted by Crippen LogP contribution is 2.16. The van der Waals surface area contributed by atoms with Crippen LogP contribution in [-0.4, -0.2) is 43.5 Å². The lowest BCUT2D eigenvalue weighted by Gasteiger charge is -2.23. The Kier molecular flexibility index (Phi) is 6.18. The molecule has 0 heterocycles. The van der Waals surface area contributed by atoms with E-state index in [0.29, 0.717) is 25.2 Å². The van der Waals surface area contributed by atoms with E-state index in [1.54, 1.807) is 7.11 Å². The summed E-state index contributed by atoms with van der Waals surface area (Å²) in [7, 11) is 1.55. The number of nitrogens with one attached hydrogen (secondary N) is 1. The van der Waals surface area contributed by atoms with Crippen LogP contribution in [0.1, 0.15) is 32.1 Å². The van der Waals surface area contributed by atoms with Gasteiger partial charge in [0.2, 0.25) is 0 Å². The highest BCUT2D eigenvalue weighted by molar-refractivity contribution is 5.78. The Morgan fingerprint density at radius 2 is 2.19 bits per heavy atom. The van der Waals surface area contributed by atoms with Crippen LogP contribution in [0.5, 0.6) is 0 Å². The third kappa shape index (κ3) is 5.32. The van der Waals surface area contributed by atoms with E-state index in [-0.39, 0.29) is 0 Å². The molecule has 0 amide bonds. The molecule has 0 aromatic carbocycles. The molecule has 1 aliphatic carbocycles. The van der Waals surface area contributed by atoms with Gasteiger partial charge >= 0.3 is 0 Å². The lowest BCUT2D eigenvalue weighted by Crippen LogP contribution is -2.41. The van der Waals surface area contributed by atoms with Gasteiger partial charge in [-0.15, -0.1) is 0 Å². The fourth-order valence-electron chi connectivity index (χ4n) is 1.95. The van der Waals surface area contributed by atoms with Gasteiger partial charge in [-0.1, -0.05) is 19.3 Å². The number of hydrogen-bond acceptors (Lipinski definition) is 3. The molecule has 1 unspecified atom stereocenters. The van der Waals surface area contributed by atoms with Gasteiger partial charge < -0.3 is 20.9 Å². The lowest BCUT2D eigenvalue weighted by atomic mass is 9.96. The zero-order chi connectivity index (χ0) is 11.8. The fourth-order valence-corrected chi connectivity index (χ4v) is 1.95. The summed E-state index contributed by atoms with van der Waals surface area (Å²) in [5.74, 6) is 0.432. The molecule has 5 heteroatoms. The Hall–Kier alpha value is -0.810. The van der Waals surface area contributed by atoms with E-state index < -0.39 is 6.10 Å². The number of aliphatic imine (C=N–C) groups is 1. The molecule has 0 saturated heterocycles. The molecule has 0 aromatic heterocycles. The molecule has 94 valence electrons. The molecular weight excluding hydrogens is 206 g/mol. The summed E-state index contributed by atoms with van der Waals surface area (Å²) in [6.07, 6.45) is 5.60. The smallest absolute Gasteiger partial charge is 0.188 e. The maximum atomic E-state index is 9.39. The topological polar surface area (TPSA) is 79.9 Å². The van der Waals surface area contributed by atoms with Crippen LogP contribution in [0.15, 0.2) is 4.99 Å². The first-order chi connectivity index (χ1) is 7.72. The third-order valence-electron chi connectivity index (χ3n) is 2.79. The molecule has 1 fully saturated rings. The summed E-state index contributed by atoms with van der Waals surface area (Å²) in [6.45, 7) is 0.583. The zero-order valence-corrected chi connectivity index (χ0v) is 9.98. The van der Waals surface area contributed by atoms with Gasteiger partial charge in [0.1, 0.15) is 0 Å². The van der Waals surface area contributed by atoms with Crippen LogP contribution in [0.25, 0.3) is 0 Å². The number of guanidine groups is 1. The molecule has 0 spiro atoms. The second-order valence-corrected chi connectivity index (χ2v) is 4.31. The van der Waals surface area contributed by atoms with Crippen LogP contribution < -0.4 is 11.1 Å². The summed E-state index contributed by atoms with van der Waals surface area (Å²) in [4.78, 5) is 4.09. The van der Waals surface area contributed by atoms with Gasteiger partial charge in [-0.2, -0.15) is 0 Å². The van der Waals surface area contributed by atoms with Crippen LogP contribution in [0.4, 0.5) is 0 Å². The summed E-state index contributed by atoms with van der Waals surface area (Å²) >= 11 is 0. The van der Waals surface area contributed by atoms with Crippen molar-refractivity contribution in [2.45, 2.75) is 44.2 Å². The zero-order valence-electron chi connectivity index (χ0n) is 9.98. The van der Waals surface area contributed by atoms with Gasteiger partial charge in [0.25, 0.3) is 0 Å². The second kappa shape index (κ2) is 7.46. The number of aliphatic hydroxyl groups is 1. The van der Waals surface area contributed by atoms with Crippen molar-refractivity contribution >= 4 is 5.96 Å². The van der Waals surface area contributed by atoms with Gasteiger partial charge in [0, 0.05) is 13.2 Å². The maximum Gasteiger partial charge on any atom is 0.188 e. The molecule has 1 atom stereocenters. The lowest BCUT2D eigenvalue weighted by molar-refractivity contribution is 0.0704. The highest BCUT2D eigenvalue weighted by atomic mass is 16.5. The molecule has 1 aliphatic rings. The van der Waals surface area contributed by atoms with Gasteiger partial charge in [-0.3, -0.25) is 4.99 Å². The minimum Gasteiger partial charge on any atom is -0.389 e. The summed E-state index contributed by atoms with van der Waals surface area (Å²) < 4.78 is 4.81.